The van der Waals surface area contributed by atoms with Crippen LogP contribution >= 0.6 is 0 Å². The topological polar surface area (TPSA) is 73.5 Å². The molecular formula is C18H24N4O2. The standard InChI is InChI=1S/C18H24N4O2/c1-4-24-18-17(22-5-6-23-11-12(22)2)7-14(9-21-18)16-8-15(19)10-20-13(16)3/h7-10,12H,4-6,11,19H2,1-3H3/t12-/m0/s1. The number of ether oxygens (including phenoxy) is 2. The highest BCUT2D eigenvalue weighted by Gasteiger charge is 2.23. The van der Waals surface area contributed by atoms with Crippen molar-refractivity contribution in [2.45, 2.75) is 26.8 Å². The lowest BCUT2D eigenvalue weighted by Gasteiger charge is -2.35. The fraction of sp³-hybridized carbons (Fsp3) is 0.444. The molecule has 0 aliphatic carbocycles. The molecule has 0 spiro atoms. The number of hydrogen-bond donors (Lipinski definition) is 1. The Hall–Kier alpha value is -2.34. The summed E-state index contributed by atoms with van der Waals surface area (Å²) in [5, 5.41) is 0. The molecule has 0 saturated carbocycles. The van der Waals surface area contributed by atoms with Crippen molar-refractivity contribution in [1.29, 1.82) is 0 Å². The number of hydrogen-bond acceptors (Lipinski definition) is 6. The molecule has 1 aliphatic heterocycles. The summed E-state index contributed by atoms with van der Waals surface area (Å²) in [4.78, 5) is 11.2. The second-order valence-electron chi connectivity index (χ2n) is 6.00. The quantitative estimate of drug-likeness (QED) is 0.930. The van der Waals surface area contributed by atoms with Crippen LogP contribution in [0.5, 0.6) is 5.88 Å². The Morgan fingerprint density at radius 3 is 2.92 bits per heavy atom. The number of morpholine rings is 1. The van der Waals surface area contributed by atoms with Crippen molar-refractivity contribution >= 4 is 11.4 Å². The highest BCUT2D eigenvalue weighted by atomic mass is 16.5. The maximum absolute atomic E-state index is 5.91. The van der Waals surface area contributed by atoms with Gasteiger partial charge in [0.1, 0.15) is 5.69 Å². The van der Waals surface area contributed by atoms with Gasteiger partial charge in [0.25, 0.3) is 0 Å². The monoisotopic (exact) mass is 328 g/mol. The normalized spacial score (nSPS) is 17.8. The van der Waals surface area contributed by atoms with Crippen molar-refractivity contribution in [1.82, 2.24) is 9.97 Å². The summed E-state index contributed by atoms with van der Waals surface area (Å²) in [6.07, 6.45) is 3.49. The van der Waals surface area contributed by atoms with E-state index in [0.717, 1.165) is 29.1 Å². The number of aryl methyl sites for hydroxylation is 1. The molecule has 2 N–H and O–H groups in total. The molecule has 1 fully saturated rings. The second kappa shape index (κ2) is 7.05. The van der Waals surface area contributed by atoms with Crippen LogP contribution in [0.3, 0.4) is 0 Å². The SMILES string of the molecule is CCOc1ncc(-c2cc(N)cnc2C)cc1N1CCOC[C@@H]1C. The molecule has 0 unspecified atom stereocenters. The van der Waals surface area contributed by atoms with Crippen LogP contribution in [-0.2, 0) is 4.74 Å². The summed E-state index contributed by atoms with van der Waals surface area (Å²) in [5.41, 5.74) is 10.5. The molecule has 3 rings (SSSR count). The number of pyridine rings is 2. The average molecular weight is 328 g/mol. The summed E-state index contributed by atoms with van der Waals surface area (Å²) in [5.74, 6) is 0.657. The predicted octanol–water partition coefficient (Wildman–Crippen LogP) is 2.66. The smallest absolute Gasteiger partial charge is 0.237 e. The molecule has 0 bridgehead atoms. The maximum Gasteiger partial charge on any atom is 0.237 e. The van der Waals surface area contributed by atoms with Gasteiger partial charge in [0, 0.05) is 35.6 Å². The van der Waals surface area contributed by atoms with Crippen LogP contribution < -0.4 is 15.4 Å². The Labute approximate surface area is 142 Å². The van der Waals surface area contributed by atoms with Crippen molar-refractivity contribution in [3.63, 3.8) is 0 Å². The summed E-state index contributed by atoms with van der Waals surface area (Å²) < 4.78 is 11.3. The van der Waals surface area contributed by atoms with Gasteiger partial charge in [-0.05, 0) is 32.9 Å². The van der Waals surface area contributed by atoms with E-state index >= 15 is 0 Å². The Kier molecular flexibility index (Phi) is 4.85. The summed E-state index contributed by atoms with van der Waals surface area (Å²) in [7, 11) is 0. The van der Waals surface area contributed by atoms with Gasteiger partial charge in [0.2, 0.25) is 5.88 Å². The van der Waals surface area contributed by atoms with Gasteiger partial charge in [-0.2, -0.15) is 0 Å². The highest BCUT2D eigenvalue weighted by molar-refractivity contribution is 5.73. The molecule has 1 aliphatic rings. The Balaban J connectivity index is 2.06. The zero-order valence-corrected chi connectivity index (χ0v) is 14.5. The van der Waals surface area contributed by atoms with Crippen molar-refractivity contribution < 1.29 is 9.47 Å². The lowest BCUT2D eigenvalue weighted by Crippen LogP contribution is -2.44. The lowest BCUT2D eigenvalue weighted by atomic mass is 10.0. The molecule has 1 saturated heterocycles. The van der Waals surface area contributed by atoms with Gasteiger partial charge in [-0.15, -0.1) is 0 Å². The van der Waals surface area contributed by atoms with Crippen molar-refractivity contribution in [3.05, 3.63) is 30.2 Å². The number of rotatable bonds is 4. The Morgan fingerprint density at radius 2 is 2.17 bits per heavy atom. The molecule has 6 nitrogen and oxygen atoms in total. The number of anilines is 2. The number of nitrogen functional groups attached to an aromatic ring is 1. The van der Waals surface area contributed by atoms with Crippen LogP contribution in [0, 0.1) is 6.92 Å². The first-order valence-electron chi connectivity index (χ1n) is 8.30. The average Bonchev–Trinajstić information content (AvgIpc) is 2.58. The van der Waals surface area contributed by atoms with E-state index in [0.29, 0.717) is 31.4 Å². The van der Waals surface area contributed by atoms with Crippen LogP contribution in [0.15, 0.2) is 24.5 Å². The largest absolute Gasteiger partial charge is 0.476 e. The van der Waals surface area contributed by atoms with Crippen LogP contribution in [0.2, 0.25) is 0 Å². The molecule has 2 aromatic rings. The molecule has 2 aromatic heterocycles. The van der Waals surface area contributed by atoms with Gasteiger partial charge in [0.15, 0.2) is 0 Å². The molecule has 24 heavy (non-hydrogen) atoms. The maximum atomic E-state index is 5.91. The van der Waals surface area contributed by atoms with Crippen LogP contribution in [0.4, 0.5) is 11.4 Å². The number of nitrogens with zero attached hydrogens (tertiary/aromatic N) is 3. The van der Waals surface area contributed by atoms with E-state index in [4.69, 9.17) is 15.2 Å². The van der Waals surface area contributed by atoms with Gasteiger partial charge >= 0.3 is 0 Å². The number of nitrogens with two attached hydrogens (primary N) is 1. The zero-order chi connectivity index (χ0) is 17.1. The van der Waals surface area contributed by atoms with Gasteiger partial charge in [-0.1, -0.05) is 0 Å². The second-order valence-corrected chi connectivity index (χ2v) is 6.00. The number of aromatic nitrogens is 2. The van der Waals surface area contributed by atoms with Gasteiger partial charge in [-0.25, -0.2) is 4.98 Å². The first-order chi connectivity index (χ1) is 11.6. The summed E-state index contributed by atoms with van der Waals surface area (Å²) >= 11 is 0. The van der Waals surface area contributed by atoms with E-state index in [1.165, 1.54) is 0 Å². The molecule has 128 valence electrons. The lowest BCUT2D eigenvalue weighted by molar-refractivity contribution is 0.0985. The minimum Gasteiger partial charge on any atom is -0.476 e. The summed E-state index contributed by atoms with van der Waals surface area (Å²) in [6.45, 7) is 8.90. The fourth-order valence-corrected chi connectivity index (χ4v) is 2.97. The van der Waals surface area contributed by atoms with Crippen LogP contribution in [0.1, 0.15) is 19.5 Å². The molecule has 1 atom stereocenters. The minimum atomic E-state index is 0.273. The minimum absolute atomic E-state index is 0.273. The van der Waals surface area contributed by atoms with E-state index in [1.54, 1.807) is 6.20 Å². The Morgan fingerprint density at radius 1 is 1.33 bits per heavy atom. The highest BCUT2D eigenvalue weighted by Crippen LogP contribution is 2.34. The molecule has 0 amide bonds. The predicted molar refractivity (Wildman–Crippen MR) is 95.4 cm³/mol. The van der Waals surface area contributed by atoms with Crippen molar-refractivity contribution in [2.75, 3.05) is 37.0 Å². The molecule has 0 radical (unpaired) electrons. The van der Waals surface area contributed by atoms with Gasteiger partial charge in [0.05, 0.1) is 31.7 Å². The third-order valence-corrected chi connectivity index (χ3v) is 4.21. The molecular weight excluding hydrogens is 304 g/mol. The van der Waals surface area contributed by atoms with Crippen LogP contribution in [0.25, 0.3) is 11.1 Å². The molecule has 6 heteroatoms. The summed E-state index contributed by atoms with van der Waals surface area (Å²) in [6, 6.07) is 4.32. The van der Waals surface area contributed by atoms with E-state index in [9.17, 15) is 0 Å². The third kappa shape index (κ3) is 3.28. The van der Waals surface area contributed by atoms with Gasteiger partial charge < -0.3 is 20.1 Å². The van der Waals surface area contributed by atoms with Gasteiger partial charge in [-0.3, -0.25) is 4.98 Å². The van der Waals surface area contributed by atoms with Crippen molar-refractivity contribution in [3.8, 4) is 17.0 Å². The van der Waals surface area contributed by atoms with E-state index < -0.39 is 0 Å². The first-order valence-corrected chi connectivity index (χ1v) is 8.30. The van der Waals surface area contributed by atoms with E-state index in [2.05, 4.69) is 27.9 Å². The third-order valence-electron chi connectivity index (χ3n) is 4.21. The molecule has 3 heterocycles. The fourth-order valence-electron chi connectivity index (χ4n) is 2.97. The van der Waals surface area contributed by atoms with Crippen LogP contribution in [-0.4, -0.2) is 42.4 Å². The molecule has 0 aromatic carbocycles. The van der Waals surface area contributed by atoms with Crippen molar-refractivity contribution in [2.24, 2.45) is 0 Å². The first kappa shape index (κ1) is 16.5. The zero-order valence-electron chi connectivity index (χ0n) is 14.5. The van der Waals surface area contributed by atoms with E-state index in [-0.39, 0.29) is 6.04 Å². The Bertz CT molecular complexity index is 720. The van der Waals surface area contributed by atoms with E-state index in [1.807, 2.05) is 26.1 Å².